The Bertz CT molecular complexity index is 1660. The molecule has 44 heavy (non-hydrogen) atoms. The van der Waals surface area contributed by atoms with Crippen LogP contribution in [0, 0.1) is 0 Å². The average molecular weight is 620 g/mol. The number of nitrogens with zero attached hydrogens (tertiary/aromatic N) is 2. The summed E-state index contributed by atoms with van der Waals surface area (Å²) in [6.07, 6.45) is 0. The van der Waals surface area contributed by atoms with Crippen LogP contribution in [0.1, 0.15) is 0 Å². The molecule has 0 aliphatic rings. The fourth-order valence-corrected chi connectivity index (χ4v) is 5.07. The Morgan fingerprint density at radius 1 is 0.364 bits per heavy atom. The third-order valence-corrected chi connectivity index (χ3v) is 7.35. The minimum atomic E-state index is 0.699. The molecule has 0 saturated carbocycles. The molecule has 0 radical (unpaired) electrons. The van der Waals surface area contributed by atoms with Crippen LogP contribution in [-0.2, 0) is 0 Å². The lowest BCUT2D eigenvalue weighted by molar-refractivity contribution is 0.416. The molecule has 6 aromatic rings. The van der Waals surface area contributed by atoms with Gasteiger partial charge in [0, 0.05) is 32.8 Å². The molecule has 0 atom stereocenters. The third kappa shape index (κ3) is 7.35. The summed E-state index contributed by atoms with van der Waals surface area (Å²) in [4.78, 5) is 4.30. The van der Waals surface area contributed by atoms with E-state index in [0.717, 1.165) is 45.6 Å². The quantitative estimate of drug-likeness (QED) is 0.169. The van der Waals surface area contributed by atoms with Crippen LogP contribution in [0.25, 0.3) is 0 Å². The fraction of sp³-hybridized carbons (Fsp3) is 0.0526. The van der Waals surface area contributed by atoms with E-state index in [1.807, 2.05) is 127 Å². The van der Waals surface area contributed by atoms with Crippen LogP contribution in [0.5, 0.6) is 11.5 Å². The first-order valence-electron chi connectivity index (χ1n) is 14.1. The zero-order valence-corrected chi connectivity index (χ0v) is 26.0. The molecular formula is C38H32Cl2N2O2. The van der Waals surface area contributed by atoms with Gasteiger partial charge in [0.15, 0.2) is 0 Å². The van der Waals surface area contributed by atoms with Crippen molar-refractivity contribution in [2.45, 2.75) is 0 Å². The van der Waals surface area contributed by atoms with Gasteiger partial charge in [0.1, 0.15) is 11.5 Å². The highest BCUT2D eigenvalue weighted by atomic mass is 35.5. The van der Waals surface area contributed by atoms with Gasteiger partial charge in [0.25, 0.3) is 0 Å². The molecule has 0 spiro atoms. The Kier molecular flexibility index (Phi) is 10.4. The molecule has 0 aliphatic heterocycles. The average Bonchev–Trinajstić information content (AvgIpc) is 3.08. The van der Waals surface area contributed by atoms with Gasteiger partial charge in [-0.3, -0.25) is 0 Å². The normalized spacial score (nSPS) is 10.3. The van der Waals surface area contributed by atoms with Gasteiger partial charge in [-0.05, 0) is 97.1 Å². The Hall–Kier alpha value is -4.90. The molecular weight excluding hydrogens is 587 g/mol. The Morgan fingerprint density at radius 2 is 0.659 bits per heavy atom. The summed E-state index contributed by atoms with van der Waals surface area (Å²) in [6, 6.07) is 51.9. The smallest absolute Gasteiger partial charge is 0.142 e. The molecule has 6 aromatic carbocycles. The summed E-state index contributed by atoms with van der Waals surface area (Å²) < 4.78 is 11.1. The second-order valence-corrected chi connectivity index (χ2v) is 10.5. The van der Waals surface area contributed by atoms with E-state index in [2.05, 4.69) is 40.1 Å². The molecule has 0 bridgehead atoms. The molecule has 0 aromatic heterocycles. The van der Waals surface area contributed by atoms with Crippen molar-refractivity contribution in [2.24, 2.45) is 0 Å². The first-order valence-corrected chi connectivity index (χ1v) is 14.8. The fourth-order valence-electron chi connectivity index (χ4n) is 4.82. The van der Waals surface area contributed by atoms with Crippen molar-refractivity contribution in [1.29, 1.82) is 0 Å². The predicted octanol–water partition coefficient (Wildman–Crippen LogP) is 11.6. The van der Waals surface area contributed by atoms with Crippen LogP contribution in [0.4, 0.5) is 34.1 Å². The van der Waals surface area contributed by atoms with Crippen molar-refractivity contribution in [3.05, 3.63) is 168 Å². The third-order valence-electron chi connectivity index (χ3n) is 6.85. The van der Waals surface area contributed by atoms with Gasteiger partial charge in [-0.25, -0.2) is 0 Å². The lowest BCUT2D eigenvalue weighted by atomic mass is 10.2. The highest BCUT2D eigenvalue weighted by Gasteiger charge is 2.17. The van der Waals surface area contributed by atoms with Crippen molar-refractivity contribution >= 4 is 57.3 Å². The maximum absolute atomic E-state index is 6.03. The largest absolute Gasteiger partial charge is 0.495 e. The van der Waals surface area contributed by atoms with Gasteiger partial charge < -0.3 is 19.3 Å². The predicted molar refractivity (Wildman–Crippen MR) is 185 cm³/mol. The molecule has 0 saturated heterocycles. The van der Waals surface area contributed by atoms with E-state index < -0.39 is 0 Å². The van der Waals surface area contributed by atoms with Crippen LogP contribution < -0.4 is 19.3 Å². The number of anilines is 6. The molecule has 0 fully saturated rings. The number of para-hydroxylation sites is 6. The molecule has 6 rings (SSSR count). The first kappa shape index (κ1) is 30.6. The van der Waals surface area contributed by atoms with Gasteiger partial charge >= 0.3 is 0 Å². The number of rotatable bonds is 8. The number of hydrogen-bond donors (Lipinski definition) is 0. The first-order chi connectivity index (χ1) is 21.6. The van der Waals surface area contributed by atoms with Crippen molar-refractivity contribution in [3.8, 4) is 11.5 Å². The van der Waals surface area contributed by atoms with Crippen molar-refractivity contribution in [1.82, 2.24) is 0 Å². The van der Waals surface area contributed by atoms with Gasteiger partial charge in [0.05, 0.1) is 25.6 Å². The van der Waals surface area contributed by atoms with Crippen LogP contribution >= 0.6 is 23.2 Å². The SMILES string of the molecule is COc1ccccc1N(c1ccc(Cl)cc1)c1ccc(Cl)cc1.COc1ccccc1N(c1ccccc1)c1ccccc1. The summed E-state index contributed by atoms with van der Waals surface area (Å²) >= 11 is 12.1. The molecule has 0 N–H and O–H groups in total. The highest BCUT2D eigenvalue weighted by Crippen LogP contribution is 2.41. The minimum absolute atomic E-state index is 0.699. The summed E-state index contributed by atoms with van der Waals surface area (Å²) in [7, 11) is 3.37. The molecule has 0 aliphatic carbocycles. The maximum atomic E-state index is 6.03. The van der Waals surface area contributed by atoms with Crippen molar-refractivity contribution in [2.75, 3.05) is 24.0 Å². The van der Waals surface area contributed by atoms with E-state index in [1.54, 1.807) is 14.2 Å². The van der Waals surface area contributed by atoms with E-state index in [4.69, 9.17) is 32.7 Å². The number of ether oxygens (including phenoxy) is 2. The number of methoxy groups -OCH3 is 2. The minimum Gasteiger partial charge on any atom is -0.495 e. The highest BCUT2D eigenvalue weighted by molar-refractivity contribution is 6.31. The molecule has 0 heterocycles. The summed E-state index contributed by atoms with van der Waals surface area (Å²) in [5.41, 5.74) is 6.15. The lowest BCUT2D eigenvalue weighted by Gasteiger charge is -2.27. The van der Waals surface area contributed by atoms with Crippen LogP contribution in [0.15, 0.2) is 158 Å². The van der Waals surface area contributed by atoms with Gasteiger partial charge in [-0.2, -0.15) is 0 Å². The van der Waals surface area contributed by atoms with E-state index in [0.29, 0.717) is 10.0 Å². The topological polar surface area (TPSA) is 24.9 Å². The standard InChI is InChI=1S/C19H15Cl2NO.C19H17NO/c1-23-19-5-3-2-4-18(19)22(16-10-6-14(20)7-11-16)17-12-8-15(21)9-13-17;1-21-19-15-9-8-14-18(19)20(16-10-4-2-5-11-16)17-12-6-3-7-13-17/h2-13H,1H3;2-15H,1H3. The molecule has 4 nitrogen and oxygen atoms in total. The van der Waals surface area contributed by atoms with Crippen LogP contribution in [0.3, 0.4) is 0 Å². The van der Waals surface area contributed by atoms with Crippen molar-refractivity contribution < 1.29 is 9.47 Å². The molecule has 6 heteroatoms. The zero-order chi connectivity index (χ0) is 30.7. The molecule has 0 amide bonds. The van der Waals surface area contributed by atoms with Gasteiger partial charge in [0.2, 0.25) is 0 Å². The number of halogens is 2. The van der Waals surface area contributed by atoms with Crippen molar-refractivity contribution in [3.63, 3.8) is 0 Å². The van der Waals surface area contributed by atoms with Crippen LogP contribution in [0.2, 0.25) is 10.0 Å². The molecule has 0 unspecified atom stereocenters. The zero-order valence-electron chi connectivity index (χ0n) is 24.5. The summed E-state index contributed by atoms with van der Waals surface area (Å²) in [6.45, 7) is 0. The van der Waals surface area contributed by atoms with Gasteiger partial charge in [-0.1, -0.05) is 83.9 Å². The second kappa shape index (κ2) is 15.0. The Labute approximate surface area is 269 Å². The number of benzene rings is 6. The Balaban J connectivity index is 0.000000175. The second-order valence-electron chi connectivity index (χ2n) is 9.64. The monoisotopic (exact) mass is 618 g/mol. The Morgan fingerprint density at radius 3 is 1.00 bits per heavy atom. The van der Waals surface area contributed by atoms with E-state index in [9.17, 15) is 0 Å². The van der Waals surface area contributed by atoms with E-state index in [-0.39, 0.29) is 0 Å². The van der Waals surface area contributed by atoms with E-state index >= 15 is 0 Å². The van der Waals surface area contributed by atoms with E-state index in [1.165, 1.54) is 0 Å². The van der Waals surface area contributed by atoms with Gasteiger partial charge in [-0.15, -0.1) is 0 Å². The summed E-state index contributed by atoms with van der Waals surface area (Å²) in [5.74, 6) is 1.64. The lowest BCUT2D eigenvalue weighted by Crippen LogP contribution is -2.10. The maximum Gasteiger partial charge on any atom is 0.142 e. The molecule has 220 valence electrons. The van der Waals surface area contributed by atoms with Crippen LogP contribution in [-0.4, -0.2) is 14.2 Å². The summed E-state index contributed by atoms with van der Waals surface area (Å²) in [5, 5.41) is 1.40. The number of hydrogen-bond acceptors (Lipinski definition) is 4.